The lowest BCUT2D eigenvalue weighted by Gasteiger charge is -2.35. The van der Waals surface area contributed by atoms with Gasteiger partial charge < -0.3 is 15.5 Å². The molecule has 0 aliphatic carbocycles. The van der Waals surface area contributed by atoms with Crippen molar-refractivity contribution in [2.45, 2.75) is 45.7 Å². The molecule has 0 saturated carbocycles. The maximum atomic E-state index is 12.7. The van der Waals surface area contributed by atoms with Crippen LogP contribution in [0, 0.1) is 5.92 Å². The number of hydrogen-bond donors (Lipinski definition) is 1. The van der Waals surface area contributed by atoms with E-state index in [1.165, 1.54) is 0 Å². The summed E-state index contributed by atoms with van der Waals surface area (Å²) in [5.74, 6) is 0.167. The van der Waals surface area contributed by atoms with Crippen LogP contribution >= 0.6 is 12.4 Å². The largest absolute Gasteiger partial charge is 0.341 e. The SMILES string of the molecule is CC(C)C(=O)N(C)Cc1ccc(C(=O)N2CCCCC2CN)cc1.Cl. The van der Waals surface area contributed by atoms with E-state index >= 15 is 0 Å². The highest BCUT2D eigenvalue weighted by molar-refractivity contribution is 5.94. The summed E-state index contributed by atoms with van der Waals surface area (Å²) in [4.78, 5) is 28.3. The second-order valence-electron chi connectivity index (χ2n) is 6.93. The van der Waals surface area contributed by atoms with Crippen molar-refractivity contribution < 1.29 is 9.59 Å². The second-order valence-corrected chi connectivity index (χ2v) is 6.93. The molecule has 6 heteroatoms. The van der Waals surface area contributed by atoms with Crippen LogP contribution in [0.5, 0.6) is 0 Å². The van der Waals surface area contributed by atoms with Crippen molar-refractivity contribution in [2.75, 3.05) is 20.1 Å². The molecule has 2 amide bonds. The monoisotopic (exact) mass is 367 g/mol. The summed E-state index contributed by atoms with van der Waals surface area (Å²) in [7, 11) is 1.81. The summed E-state index contributed by atoms with van der Waals surface area (Å²) >= 11 is 0. The molecule has 5 nitrogen and oxygen atoms in total. The summed E-state index contributed by atoms with van der Waals surface area (Å²) in [6, 6.07) is 7.72. The molecule has 0 bridgehead atoms. The van der Waals surface area contributed by atoms with Crippen LogP contribution in [0.3, 0.4) is 0 Å². The number of carbonyl (C=O) groups excluding carboxylic acids is 2. The number of likely N-dealkylation sites (tertiary alicyclic amines) is 1. The number of piperidine rings is 1. The third-order valence-electron chi connectivity index (χ3n) is 4.65. The number of nitrogens with zero attached hydrogens (tertiary/aromatic N) is 2. The smallest absolute Gasteiger partial charge is 0.254 e. The van der Waals surface area contributed by atoms with Gasteiger partial charge in [0.05, 0.1) is 0 Å². The quantitative estimate of drug-likeness (QED) is 0.870. The molecule has 1 unspecified atom stereocenters. The Labute approximate surface area is 157 Å². The molecule has 2 rings (SSSR count). The first-order valence-electron chi connectivity index (χ1n) is 8.79. The molecule has 1 atom stereocenters. The maximum absolute atomic E-state index is 12.7. The van der Waals surface area contributed by atoms with Crippen molar-refractivity contribution >= 4 is 24.2 Å². The average Bonchev–Trinajstić information content (AvgIpc) is 2.60. The van der Waals surface area contributed by atoms with Gasteiger partial charge in [-0.3, -0.25) is 9.59 Å². The van der Waals surface area contributed by atoms with Crippen LogP contribution in [-0.4, -0.2) is 47.8 Å². The molecule has 0 spiro atoms. The third kappa shape index (κ3) is 5.44. The molecule has 1 aromatic carbocycles. The first-order chi connectivity index (χ1) is 11.4. The molecule has 1 fully saturated rings. The molecule has 1 aromatic rings. The Morgan fingerprint density at radius 3 is 2.44 bits per heavy atom. The Morgan fingerprint density at radius 2 is 1.88 bits per heavy atom. The fourth-order valence-electron chi connectivity index (χ4n) is 3.22. The maximum Gasteiger partial charge on any atom is 0.254 e. The Balaban J connectivity index is 0.00000312. The van der Waals surface area contributed by atoms with E-state index in [2.05, 4.69) is 0 Å². The number of rotatable bonds is 5. The number of halogens is 1. The van der Waals surface area contributed by atoms with E-state index in [0.717, 1.165) is 31.4 Å². The second kappa shape index (κ2) is 9.78. The van der Waals surface area contributed by atoms with Crippen molar-refractivity contribution in [1.82, 2.24) is 9.80 Å². The van der Waals surface area contributed by atoms with Gasteiger partial charge in [-0.15, -0.1) is 12.4 Å². The Morgan fingerprint density at radius 1 is 1.24 bits per heavy atom. The third-order valence-corrected chi connectivity index (χ3v) is 4.65. The number of amides is 2. The summed E-state index contributed by atoms with van der Waals surface area (Å²) in [6.45, 7) is 5.65. The van der Waals surface area contributed by atoms with Crippen LogP contribution in [0.1, 0.15) is 49.0 Å². The van der Waals surface area contributed by atoms with E-state index in [4.69, 9.17) is 5.73 Å². The molecule has 0 aromatic heterocycles. The predicted molar refractivity (Wildman–Crippen MR) is 103 cm³/mol. The van der Waals surface area contributed by atoms with Crippen molar-refractivity contribution in [3.8, 4) is 0 Å². The van der Waals surface area contributed by atoms with Crippen molar-refractivity contribution in [3.05, 3.63) is 35.4 Å². The van der Waals surface area contributed by atoms with E-state index in [9.17, 15) is 9.59 Å². The lowest BCUT2D eigenvalue weighted by Crippen LogP contribution is -2.47. The Kier molecular flexibility index (Phi) is 8.39. The van der Waals surface area contributed by atoms with E-state index in [1.54, 1.807) is 11.9 Å². The van der Waals surface area contributed by atoms with Gasteiger partial charge in [0.15, 0.2) is 0 Å². The molecule has 0 radical (unpaired) electrons. The van der Waals surface area contributed by atoms with Gasteiger partial charge in [0, 0.05) is 44.2 Å². The molecule has 1 saturated heterocycles. The molecule has 25 heavy (non-hydrogen) atoms. The summed E-state index contributed by atoms with van der Waals surface area (Å²) in [6.07, 6.45) is 3.17. The zero-order chi connectivity index (χ0) is 17.7. The highest BCUT2D eigenvalue weighted by Gasteiger charge is 2.26. The Bertz CT molecular complexity index is 575. The first kappa shape index (κ1) is 21.5. The van der Waals surface area contributed by atoms with Gasteiger partial charge in [0.2, 0.25) is 5.91 Å². The van der Waals surface area contributed by atoms with Gasteiger partial charge in [-0.1, -0.05) is 26.0 Å². The highest BCUT2D eigenvalue weighted by atomic mass is 35.5. The van der Waals surface area contributed by atoms with Gasteiger partial charge >= 0.3 is 0 Å². The standard InChI is InChI=1S/C19H29N3O2.ClH/c1-14(2)18(23)21(3)13-15-7-9-16(10-8-15)19(24)22-11-5-4-6-17(22)12-20;/h7-10,14,17H,4-6,11-13,20H2,1-3H3;1H. The van der Waals surface area contributed by atoms with Crippen molar-refractivity contribution in [2.24, 2.45) is 11.7 Å². The van der Waals surface area contributed by atoms with Crippen LogP contribution in [-0.2, 0) is 11.3 Å². The first-order valence-corrected chi connectivity index (χ1v) is 8.79. The number of nitrogens with two attached hydrogens (primary N) is 1. The lowest BCUT2D eigenvalue weighted by atomic mass is 10.0. The summed E-state index contributed by atoms with van der Waals surface area (Å²) in [5.41, 5.74) is 7.53. The fraction of sp³-hybridized carbons (Fsp3) is 0.579. The molecule has 1 aliphatic heterocycles. The number of hydrogen-bond acceptors (Lipinski definition) is 3. The van der Waals surface area contributed by atoms with Crippen molar-refractivity contribution in [1.29, 1.82) is 0 Å². The molecule has 140 valence electrons. The molecule has 2 N–H and O–H groups in total. The fourth-order valence-corrected chi connectivity index (χ4v) is 3.22. The zero-order valence-electron chi connectivity index (χ0n) is 15.4. The van der Waals surface area contributed by atoms with Crippen LogP contribution in [0.4, 0.5) is 0 Å². The Hall–Kier alpha value is -1.59. The summed E-state index contributed by atoms with van der Waals surface area (Å²) < 4.78 is 0. The van der Waals surface area contributed by atoms with Crippen molar-refractivity contribution in [3.63, 3.8) is 0 Å². The normalized spacial score (nSPS) is 17.2. The van der Waals surface area contributed by atoms with Crippen LogP contribution in [0.15, 0.2) is 24.3 Å². The molecular formula is C19H30ClN3O2. The highest BCUT2D eigenvalue weighted by Crippen LogP contribution is 2.19. The number of benzene rings is 1. The van der Waals surface area contributed by atoms with E-state index < -0.39 is 0 Å². The minimum absolute atomic E-state index is 0. The molecule has 1 heterocycles. The van der Waals surface area contributed by atoms with E-state index in [1.807, 2.05) is 43.0 Å². The zero-order valence-corrected chi connectivity index (χ0v) is 16.2. The topological polar surface area (TPSA) is 66.6 Å². The van der Waals surface area contributed by atoms with Gasteiger partial charge in [-0.25, -0.2) is 0 Å². The van der Waals surface area contributed by atoms with Crippen LogP contribution in [0.25, 0.3) is 0 Å². The molecule has 1 aliphatic rings. The number of carbonyl (C=O) groups is 2. The van der Waals surface area contributed by atoms with Crippen LogP contribution < -0.4 is 5.73 Å². The summed E-state index contributed by atoms with van der Waals surface area (Å²) in [5, 5.41) is 0. The van der Waals surface area contributed by atoms with Gasteiger partial charge in [-0.2, -0.15) is 0 Å². The van der Waals surface area contributed by atoms with Crippen LogP contribution in [0.2, 0.25) is 0 Å². The predicted octanol–water partition coefficient (Wildman–Crippen LogP) is 2.68. The van der Waals surface area contributed by atoms with E-state index in [-0.39, 0.29) is 36.2 Å². The minimum Gasteiger partial charge on any atom is -0.341 e. The average molecular weight is 368 g/mol. The minimum atomic E-state index is -0.0110. The van der Waals surface area contributed by atoms with E-state index in [0.29, 0.717) is 18.7 Å². The van der Waals surface area contributed by atoms with Gasteiger partial charge in [0.25, 0.3) is 5.91 Å². The van der Waals surface area contributed by atoms with Gasteiger partial charge in [0.1, 0.15) is 0 Å². The van der Waals surface area contributed by atoms with Gasteiger partial charge in [-0.05, 0) is 37.0 Å². The molecular weight excluding hydrogens is 338 g/mol. The lowest BCUT2D eigenvalue weighted by molar-refractivity contribution is -0.133.